The van der Waals surface area contributed by atoms with Crippen LogP contribution in [-0.2, 0) is 0 Å². The maximum atomic E-state index is 9.95. The Balaban J connectivity index is 1.61. The Hall–Kier alpha value is -4.41. The number of aliphatic imine (C=N–C) groups is 1. The highest BCUT2D eigenvalue weighted by molar-refractivity contribution is 6.30. The molecule has 0 bridgehead atoms. The number of hydrogen-bond acceptors (Lipinski definition) is 6. The number of furan rings is 3. The Morgan fingerprint density at radius 1 is 1.06 bits per heavy atom. The summed E-state index contributed by atoms with van der Waals surface area (Å²) in [6.07, 6.45) is 4.75. The largest absolute Gasteiger partial charge is 0.495 e. The summed E-state index contributed by atoms with van der Waals surface area (Å²) in [5.41, 5.74) is 4.32. The highest BCUT2D eigenvalue weighted by atomic mass is 35.5. The molecule has 0 atom stereocenters. The summed E-state index contributed by atoms with van der Waals surface area (Å²) in [4.78, 5) is 4.55. The van der Waals surface area contributed by atoms with E-state index in [-0.39, 0.29) is 11.4 Å². The van der Waals surface area contributed by atoms with Crippen LogP contribution in [0.5, 0.6) is 5.75 Å². The van der Waals surface area contributed by atoms with E-state index >= 15 is 0 Å². The summed E-state index contributed by atoms with van der Waals surface area (Å²) in [5, 5.41) is 10.6. The first-order valence-corrected chi connectivity index (χ1v) is 11.1. The van der Waals surface area contributed by atoms with Gasteiger partial charge in [-0.25, -0.2) is 4.99 Å². The molecule has 5 rings (SSSR count). The molecule has 0 fully saturated rings. The standard InChI is InChI=1S/C27H20ClN3O4/c1-16-12-18(17(2)31(16)21-13-19(28)8-9-22(21)32-3)15-30-27-20(14-29)25(23-6-4-10-33-23)26(35-27)24-7-5-11-34-24/h4-13,15H,1-3H3. The minimum atomic E-state index is 0.162. The van der Waals surface area contributed by atoms with Crippen molar-refractivity contribution in [2.75, 3.05) is 7.11 Å². The third kappa shape index (κ3) is 3.94. The Morgan fingerprint density at radius 3 is 2.46 bits per heavy atom. The van der Waals surface area contributed by atoms with Crippen molar-refractivity contribution in [3.05, 3.63) is 88.6 Å². The van der Waals surface area contributed by atoms with Crippen LogP contribution >= 0.6 is 11.6 Å². The maximum absolute atomic E-state index is 9.95. The minimum absolute atomic E-state index is 0.162. The fourth-order valence-electron chi connectivity index (χ4n) is 4.11. The molecule has 8 heteroatoms. The highest BCUT2D eigenvalue weighted by Gasteiger charge is 2.26. The van der Waals surface area contributed by atoms with Crippen molar-refractivity contribution in [1.82, 2.24) is 4.57 Å². The van der Waals surface area contributed by atoms with Crippen molar-refractivity contribution in [2.45, 2.75) is 13.8 Å². The monoisotopic (exact) mass is 485 g/mol. The number of nitrogens with zero attached hydrogens (tertiary/aromatic N) is 3. The lowest BCUT2D eigenvalue weighted by Crippen LogP contribution is -2.02. The maximum Gasteiger partial charge on any atom is 0.238 e. The van der Waals surface area contributed by atoms with Crippen LogP contribution in [0.3, 0.4) is 0 Å². The molecular formula is C27H20ClN3O4. The van der Waals surface area contributed by atoms with E-state index in [9.17, 15) is 5.26 Å². The fourth-order valence-corrected chi connectivity index (χ4v) is 4.27. The van der Waals surface area contributed by atoms with E-state index in [2.05, 4.69) is 11.1 Å². The van der Waals surface area contributed by atoms with E-state index in [1.807, 2.05) is 36.6 Å². The Kier molecular flexibility index (Phi) is 5.81. The zero-order valence-corrected chi connectivity index (χ0v) is 20.0. The van der Waals surface area contributed by atoms with Gasteiger partial charge in [-0.05, 0) is 62.4 Å². The number of ether oxygens (including phenoxy) is 1. The lowest BCUT2D eigenvalue weighted by Gasteiger charge is -2.14. The Labute approximate surface area is 206 Å². The topological polar surface area (TPSA) is 89.7 Å². The zero-order valence-electron chi connectivity index (χ0n) is 19.2. The third-order valence-corrected chi connectivity index (χ3v) is 5.92. The molecule has 0 amide bonds. The van der Waals surface area contributed by atoms with Crippen molar-refractivity contribution in [1.29, 1.82) is 5.26 Å². The lowest BCUT2D eigenvalue weighted by molar-refractivity contribution is 0.412. The summed E-state index contributed by atoms with van der Waals surface area (Å²) in [7, 11) is 1.62. The van der Waals surface area contributed by atoms with Crippen LogP contribution in [0.15, 0.2) is 79.3 Å². The molecule has 0 N–H and O–H groups in total. The molecule has 0 saturated heterocycles. The van der Waals surface area contributed by atoms with Gasteiger partial charge in [0.1, 0.15) is 23.1 Å². The second-order valence-corrected chi connectivity index (χ2v) is 8.23. The SMILES string of the molecule is COc1ccc(Cl)cc1-n1c(C)cc(C=Nc2oc(-c3ccco3)c(-c3ccco3)c2C#N)c1C. The number of aromatic nitrogens is 1. The van der Waals surface area contributed by atoms with Gasteiger partial charge in [0.2, 0.25) is 5.88 Å². The van der Waals surface area contributed by atoms with Crippen LogP contribution in [0.2, 0.25) is 5.02 Å². The summed E-state index contributed by atoms with van der Waals surface area (Å²) in [6, 6.07) is 16.7. The minimum Gasteiger partial charge on any atom is -0.495 e. The van der Waals surface area contributed by atoms with Gasteiger partial charge in [-0.15, -0.1) is 0 Å². The second kappa shape index (κ2) is 9.09. The third-order valence-electron chi connectivity index (χ3n) is 5.69. The van der Waals surface area contributed by atoms with Crippen LogP contribution in [0.4, 0.5) is 5.88 Å². The smallest absolute Gasteiger partial charge is 0.238 e. The van der Waals surface area contributed by atoms with Crippen LogP contribution in [0.25, 0.3) is 28.5 Å². The summed E-state index contributed by atoms with van der Waals surface area (Å²) < 4.78 is 24.7. The van der Waals surface area contributed by atoms with Gasteiger partial charge in [-0.2, -0.15) is 5.26 Å². The normalized spacial score (nSPS) is 11.3. The molecule has 0 unspecified atom stereocenters. The van der Waals surface area contributed by atoms with Crippen LogP contribution in [0, 0.1) is 25.2 Å². The molecule has 1 aromatic carbocycles. The number of rotatable bonds is 6. The van der Waals surface area contributed by atoms with Gasteiger partial charge in [0, 0.05) is 28.2 Å². The second-order valence-electron chi connectivity index (χ2n) is 7.79. The van der Waals surface area contributed by atoms with Gasteiger partial charge in [0.25, 0.3) is 0 Å². The number of halogens is 1. The first kappa shape index (κ1) is 22.4. The molecule has 35 heavy (non-hydrogen) atoms. The molecule has 4 aromatic heterocycles. The van der Waals surface area contributed by atoms with Gasteiger partial charge in [-0.3, -0.25) is 0 Å². The predicted octanol–water partition coefficient (Wildman–Crippen LogP) is 7.49. The molecule has 0 saturated carbocycles. The van der Waals surface area contributed by atoms with Crippen LogP contribution in [0.1, 0.15) is 22.5 Å². The van der Waals surface area contributed by atoms with Gasteiger partial charge >= 0.3 is 0 Å². The molecular weight excluding hydrogens is 466 g/mol. The lowest BCUT2D eigenvalue weighted by atomic mass is 10.1. The van der Waals surface area contributed by atoms with Gasteiger partial charge in [0.05, 0.1) is 30.9 Å². The van der Waals surface area contributed by atoms with Crippen molar-refractivity contribution >= 4 is 23.7 Å². The van der Waals surface area contributed by atoms with Crippen molar-refractivity contribution in [2.24, 2.45) is 4.99 Å². The van der Waals surface area contributed by atoms with Crippen molar-refractivity contribution < 1.29 is 18.0 Å². The molecule has 7 nitrogen and oxygen atoms in total. The Bertz CT molecular complexity index is 1570. The van der Waals surface area contributed by atoms with Gasteiger partial charge < -0.3 is 22.6 Å². The van der Waals surface area contributed by atoms with E-state index in [0.717, 1.165) is 22.6 Å². The van der Waals surface area contributed by atoms with E-state index in [0.29, 0.717) is 33.6 Å². The number of hydrogen-bond donors (Lipinski definition) is 0. The van der Waals surface area contributed by atoms with E-state index in [4.69, 9.17) is 29.6 Å². The summed E-state index contributed by atoms with van der Waals surface area (Å²) in [5.74, 6) is 2.20. The van der Waals surface area contributed by atoms with E-state index in [1.54, 1.807) is 43.7 Å². The highest BCUT2D eigenvalue weighted by Crippen LogP contribution is 2.43. The number of benzene rings is 1. The predicted molar refractivity (Wildman–Crippen MR) is 133 cm³/mol. The van der Waals surface area contributed by atoms with Gasteiger partial charge in [-0.1, -0.05) is 11.6 Å². The molecule has 174 valence electrons. The van der Waals surface area contributed by atoms with Crippen LogP contribution in [-0.4, -0.2) is 17.9 Å². The zero-order chi connectivity index (χ0) is 24.5. The average molecular weight is 486 g/mol. The fraction of sp³-hybridized carbons (Fsp3) is 0.111. The molecule has 0 aliphatic rings. The summed E-state index contributed by atoms with van der Waals surface area (Å²) >= 11 is 6.26. The van der Waals surface area contributed by atoms with Crippen LogP contribution < -0.4 is 4.74 Å². The quantitative estimate of drug-likeness (QED) is 0.232. The number of nitriles is 1. The summed E-state index contributed by atoms with van der Waals surface area (Å²) in [6.45, 7) is 3.97. The van der Waals surface area contributed by atoms with Crippen molar-refractivity contribution in [3.8, 4) is 40.4 Å². The first-order valence-electron chi connectivity index (χ1n) is 10.7. The van der Waals surface area contributed by atoms with Crippen molar-refractivity contribution in [3.63, 3.8) is 0 Å². The Morgan fingerprint density at radius 2 is 1.80 bits per heavy atom. The molecule has 4 heterocycles. The van der Waals surface area contributed by atoms with E-state index < -0.39 is 0 Å². The molecule has 0 spiro atoms. The van der Waals surface area contributed by atoms with Gasteiger partial charge in [0.15, 0.2) is 11.5 Å². The molecule has 0 aliphatic heterocycles. The molecule has 0 radical (unpaired) electrons. The first-order chi connectivity index (χ1) is 17.0. The number of aryl methyl sites for hydroxylation is 1. The van der Waals surface area contributed by atoms with E-state index in [1.165, 1.54) is 12.5 Å². The molecule has 0 aliphatic carbocycles. The average Bonchev–Trinajstić information content (AvgIpc) is 3.64. The number of methoxy groups -OCH3 is 1. The molecule has 5 aromatic rings.